The molecule has 3 N–H and O–H groups in total. The Morgan fingerprint density at radius 3 is 2.88 bits per heavy atom. The highest BCUT2D eigenvalue weighted by molar-refractivity contribution is 5.72. The molecule has 0 aliphatic carbocycles. The summed E-state index contributed by atoms with van der Waals surface area (Å²) in [5, 5.41) is 21.9. The topological polar surface area (TPSA) is 88.0 Å². The summed E-state index contributed by atoms with van der Waals surface area (Å²) in [4.78, 5) is 10.7. The summed E-state index contributed by atoms with van der Waals surface area (Å²) in [6, 6.07) is 0. The third-order valence-electron chi connectivity index (χ3n) is 3.29. The Morgan fingerprint density at radius 1 is 1.47 bits per heavy atom. The molecule has 98 valence electrons. The van der Waals surface area contributed by atoms with Crippen molar-refractivity contribution in [2.24, 2.45) is 0 Å². The summed E-state index contributed by atoms with van der Waals surface area (Å²) >= 11 is 0. The van der Waals surface area contributed by atoms with Crippen molar-refractivity contribution in [2.75, 3.05) is 26.3 Å². The first kappa shape index (κ1) is 12.8. The van der Waals surface area contributed by atoms with Gasteiger partial charge in [-0.2, -0.15) is 0 Å². The van der Waals surface area contributed by atoms with E-state index in [0.29, 0.717) is 39.1 Å². The standard InChI is InChI=1S/C11H19NO5/c13-10(14)9-2-1-8(17-9)5-12-6-11(15)3-4-16-7-11/h8-9,12,15H,1-7H2,(H,13,14). The van der Waals surface area contributed by atoms with Crippen LogP contribution in [0, 0.1) is 0 Å². The van der Waals surface area contributed by atoms with Crippen LogP contribution in [0.1, 0.15) is 19.3 Å². The summed E-state index contributed by atoms with van der Waals surface area (Å²) in [5.41, 5.74) is -0.773. The van der Waals surface area contributed by atoms with Crippen molar-refractivity contribution >= 4 is 5.97 Å². The monoisotopic (exact) mass is 245 g/mol. The minimum Gasteiger partial charge on any atom is -0.479 e. The average Bonchev–Trinajstić information content (AvgIpc) is 2.88. The highest BCUT2D eigenvalue weighted by atomic mass is 16.5. The minimum atomic E-state index is -0.893. The zero-order chi connectivity index (χ0) is 12.3. The SMILES string of the molecule is O=C(O)C1CCC(CNCC2(O)CCOC2)O1. The fourth-order valence-electron chi connectivity index (χ4n) is 2.24. The number of carboxylic acid groups (broad SMARTS) is 1. The molecule has 0 aromatic carbocycles. The number of carboxylic acids is 1. The van der Waals surface area contributed by atoms with Gasteiger partial charge in [-0.25, -0.2) is 4.79 Å². The summed E-state index contributed by atoms with van der Waals surface area (Å²) in [6.45, 7) is 2.00. The van der Waals surface area contributed by atoms with Gasteiger partial charge in [0.25, 0.3) is 0 Å². The highest BCUT2D eigenvalue weighted by Crippen LogP contribution is 2.20. The van der Waals surface area contributed by atoms with E-state index in [9.17, 15) is 9.90 Å². The van der Waals surface area contributed by atoms with E-state index in [1.165, 1.54) is 0 Å². The van der Waals surface area contributed by atoms with E-state index in [0.717, 1.165) is 6.42 Å². The number of nitrogens with one attached hydrogen (secondary N) is 1. The summed E-state index contributed by atoms with van der Waals surface area (Å²) in [6.07, 6.45) is 1.22. The first-order valence-electron chi connectivity index (χ1n) is 5.98. The van der Waals surface area contributed by atoms with E-state index < -0.39 is 17.7 Å². The van der Waals surface area contributed by atoms with Crippen LogP contribution >= 0.6 is 0 Å². The zero-order valence-electron chi connectivity index (χ0n) is 9.72. The lowest BCUT2D eigenvalue weighted by Gasteiger charge is -2.22. The number of aliphatic hydroxyl groups is 1. The van der Waals surface area contributed by atoms with Gasteiger partial charge in [0.15, 0.2) is 6.10 Å². The van der Waals surface area contributed by atoms with Crippen molar-refractivity contribution in [2.45, 2.75) is 37.1 Å². The predicted octanol–water partition coefficient (Wildman–Crippen LogP) is -0.640. The molecule has 0 radical (unpaired) electrons. The van der Waals surface area contributed by atoms with Gasteiger partial charge in [-0.05, 0) is 12.8 Å². The molecule has 2 aliphatic rings. The first-order valence-corrected chi connectivity index (χ1v) is 5.98. The maximum absolute atomic E-state index is 10.7. The van der Waals surface area contributed by atoms with Gasteiger partial charge in [0, 0.05) is 26.1 Å². The second-order valence-corrected chi connectivity index (χ2v) is 4.82. The largest absolute Gasteiger partial charge is 0.479 e. The third-order valence-corrected chi connectivity index (χ3v) is 3.29. The van der Waals surface area contributed by atoms with Crippen LogP contribution in [-0.2, 0) is 14.3 Å². The number of aliphatic carboxylic acids is 1. The first-order chi connectivity index (χ1) is 8.09. The third kappa shape index (κ3) is 3.38. The predicted molar refractivity (Wildman–Crippen MR) is 58.8 cm³/mol. The molecular weight excluding hydrogens is 226 g/mol. The Labute approximate surface area is 99.9 Å². The van der Waals surface area contributed by atoms with Crippen molar-refractivity contribution in [1.82, 2.24) is 5.32 Å². The molecule has 2 heterocycles. The van der Waals surface area contributed by atoms with Crippen molar-refractivity contribution in [3.05, 3.63) is 0 Å². The van der Waals surface area contributed by atoms with E-state index in [-0.39, 0.29) is 6.10 Å². The van der Waals surface area contributed by atoms with Crippen LogP contribution in [-0.4, -0.2) is 60.3 Å². The molecule has 2 saturated heterocycles. The normalized spacial score (nSPS) is 37.5. The van der Waals surface area contributed by atoms with Gasteiger partial charge < -0.3 is 25.0 Å². The summed E-state index contributed by atoms with van der Waals surface area (Å²) in [5.74, 6) is -0.893. The fourth-order valence-corrected chi connectivity index (χ4v) is 2.24. The molecule has 6 heteroatoms. The molecule has 3 unspecified atom stereocenters. The second kappa shape index (κ2) is 5.30. The Hall–Kier alpha value is -0.690. The zero-order valence-corrected chi connectivity index (χ0v) is 9.72. The lowest BCUT2D eigenvalue weighted by Crippen LogP contribution is -2.43. The Morgan fingerprint density at radius 2 is 2.29 bits per heavy atom. The van der Waals surface area contributed by atoms with E-state index >= 15 is 0 Å². The quantitative estimate of drug-likeness (QED) is 0.597. The Bertz CT molecular complexity index is 277. The minimum absolute atomic E-state index is 0.0676. The molecular formula is C11H19NO5. The molecule has 0 amide bonds. The maximum Gasteiger partial charge on any atom is 0.332 e. The molecule has 6 nitrogen and oxygen atoms in total. The van der Waals surface area contributed by atoms with Gasteiger partial charge in [0.1, 0.15) is 5.60 Å². The van der Waals surface area contributed by atoms with Crippen LogP contribution in [0.25, 0.3) is 0 Å². The Balaban J connectivity index is 1.64. The fraction of sp³-hybridized carbons (Fsp3) is 0.909. The summed E-state index contributed by atoms with van der Waals surface area (Å²) in [7, 11) is 0. The van der Waals surface area contributed by atoms with Gasteiger partial charge in [-0.1, -0.05) is 0 Å². The van der Waals surface area contributed by atoms with Crippen LogP contribution < -0.4 is 5.32 Å². The number of carbonyl (C=O) groups is 1. The maximum atomic E-state index is 10.7. The molecule has 0 spiro atoms. The number of hydrogen-bond acceptors (Lipinski definition) is 5. The van der Waals surface area contributed by atoms with Gasteiger partial charge >= 0.3 is 5.97 Å². The Kier molecular flexibility index (Phi) is 3.98. The van der Waals surface area contributed by atoms with E-state index in [1.54, 1.807) is 0 Å². The molecule has 17 heavy (non-hydrogen) atoms. The smallest absolute Gasteiger partial charge is 0.332 e. The van der Waals surface area contributed by atoms with Crippen molar-refractivity contribution in [3.8, 4) is 0 Å². The average molecular weight is 245 g/mol. The van der Waals surface area contributed by atoms with Gasteiger partial charge in [-0.3, -0.25) is 0 Å². The lowest BCUT2D eigenvalue weighted by atomic mass is 10.0. The van der Waals surface area contributed by atoms with Crippen LogP contribution in [0.4, 0.5) is 0 Å². The van der Waals surface area contributed by atoms with Gasteiger partial charge in [0.05, 0.1) is 12.7 Å². The van der Waals surface area contributed by atoms with E-state index in [4.69, 9.17) is 14.6 Å². The molecule has 0 aromatic heterocycles. The molecule has 0 saturated carbocycles. The van der Waals surface area contributed by atoms with Crippen molar-refractivity contribution in [1.29, 1.82) is 0 Å². The number of ether oxygens (including phenoxy) is 2. The second-order valence-electron chi connectivity index (χ2n) is 4.82. The van der Waals surface area contributed by atoms with Crippen molar-refractivity contribution < 1.29 is 24.5 Å². The van der Waals surface area contributed by atoms with Crippen LogP contribution in [0.15, 0.2) is 0 Å². The molecule has 0 bridgehead atoms. The van der Waals surface area contributed by atoms with Crippen LogP contribution in [0.5, 0.6) is 0 Å². The van der Waals surface area contributed by atoms with E-state index in [1.807, 2.05) is 0 Å². The highest BCUT2D eigenvalue weighted by Gasteiger charge is 2.33. The van der Waals surface area contributed by atoms with Crippen LogP contribution in [0.2, 0.25) is 0 Å². The molecule has 2 aliphatic heterocycles. The molecule has 2 rings (SSSR count). The van der Waals surface area contributed by atoms with Gasteiger partial charge in [-0.15, -0.1) is 0 Å². The number of rotatable bonds is 5. The summed E-state index contributed by atoms with van der Waals surface area (Å²) < 4.78 is 10.5. The molecule has 3 atom stereocenters. The number of hydrogen-bond donors (Lipinski definition) is 3. The lowest BCUT2D eigenvalue weighted by molar-refractivity contribution is -0.149. The molecule has 2 fully saturated rings. The van der Waals surface area contributed by atoms with Crippen molar-refractivity contribution in [3.63, 3.8) is 0 Å². The molecule has 0 aromatic rings. The van der Waals surface area contributed by atoms with Gasteiger partial charge in [0.2, 0.25) is 0 Å². The van der Waals surface area contributed by atoms with Crippen LogP contribution in [0.3, 0.4) is 0 Å². The van der Waals surface area contributed by atoms with E-state index in [2.05, 4.69) is 5.32 Å².